The number of likely N-dealkylation sites (tertiary alicyclic amines) is 1. The fourth-order valence-corrected chi connectivity index (χ4v) is 2.09. The first-order valence-electron chi connectivity index (χ1n) is 5.07. The molecule has 0 radical (unpaired) electrons. The third-order valence-electron chi connectivity index (χ3n) is 3.15. The Morgan fingerprint density at radius 2 is 2.00 bits per heavy atom. The molecule has 4 nitrogen and oxygen atoms in total. The molecule has 2 rings (SSSR count). The van der Waals surface area contributed by atoms with Crippen molar-refractivity contribution in [3.63, 3.8) is 0 Å². The number of nitrogens with zero attached hydrogens (tertiary/aromatic N) is 3. The molecule has 1 aromatic heterocycles. The normalized spacial score (nSPS) is 22.5. The van der Waals surface area contributed by atoms with Crippen molar-refractivity contribution in [2.75, 3.05) is 20.1 Å². The third-order valence-corrected chi connectivity index (χ3v) is 3.15. The van der Waals surface area contributed by atoms with E-state index in [4.69, 9.17) is 5.73 Å². The van der Waals surface area contributed by atoms with Crippen LogP contribution in [0.15, 0.2) is 12.4 Å². The standard InChI is InChI=1S/C10H18N4/c1-13-6-3-10(11,4-7-13)9-12-5-8-14(9)2/h5,8H,3-4,6-7,11H2,1-2H3. The van der Waals surface area contributed by atoms with E-state index in [0.717, 1.165) is 31.8 Å². The Labute approximate surface area is 84.7 Å². The summed E-state index contributed by atoms with van der Waals surface area (Å²) in [5.74, 6) is 1.02. The van der Waals surface area contributed by atoms with Crippen LogP contribution in [0.4, 0.5) is 0 Å². The highest BCUT2D eigenvalue weighted by molar-refractivity contribution is 5.09. The maximum Gasteiger partial charge on any atom is 0.128 e. The molecule has 0 aliphatic carbocycles. The summed E-state index contributed by atoms with van der Waals surface area (Å²) in [6.07, 6.45) is 5.77. The summed E-state index contributed by atoms with van der Waals surface area (Å²) in [6, 6.07) is 0. The first kappa shape index (κ1) is 9.68. The Kier molecular flexibility index (Phi) is 2.33. The number of aryl methyl sites for hydroxylation is 1. The second kappa shape index (κ2) is 3.37. The van der Waals surface area contributed by atoms with Crippen LogP contribution in [0.3, 0.4) is 0 Å². The van der Waals surface area contributed by atoms with E-state index in [1.165, 1.54) is 0 Å². The van der Waals surface area contributed by atoms with Crippen LogP contribution in [0.25, 0.3) is 0 Å². The van der Waals surface area contributed by atoms with Gasteiger partial charge in [-0.1, -0.05) is 0 Å². The highest BCUT2D eigenvalue weighted by atomic mass is 15.1. The minimum atomic E-state index is -0.217. The lowest BCUT2D eigenvalue weighted by Crippen LogP contribution is -2.48. The Bertz CT molecular complexity index is 310. The largest absolute Gasteiger partial charge is 0.336 e. The number of hydrogen-bond donors (Lipinski definition) is 1. The van der Waals surface area contributed by atoms with Crippen LogP contribution in [-0.2, 0) is 12.6 Å². The molecule has 1 fully saturated rings. The van der Waals surface area contributed by atoms with Crippen molar-refractivity contribution >= 4 is 0 Å². The summed E-state index contributed by atoms with van der Waals surface area (Å²) in [4.78, 5) is 6.67. The number of piperidine rings is 1. The van der Waals surface area contributed by atoms with Gasteiger partial charge in [-0.05, 0) is 19.9 Å². The van der Waals surface area contributed by atoms with Crippen LogP contribution in [0.5, 0.6) is 0 Å². The van der Waals surface area contributed by atoms with Gasteiger partial charge in [0, 0.05) is 32.5 Å². The monoisotopic (exact) mass is 194 g/mol. The van der Waals surface area contributed by atoms with Crippen LogP contribution in [-0.4, -0.2) is 34.6 Å². The Morgan fingerprint density at radius 3 is 2.50 bits per heavy atom. The molecule has 1 aliphatic rings. The van der Waals surface area contributed by atoms with Crippen LogP contribution in [0, 0.1) is 0 Å². The smallest absolute Gasteiger partial charge is 0.128 e. The molecule has 2 heterocycles. The average Bonchev–Trinajstić information content (AvgIpc) is 2.58. The second-order valence-electron chi connectivity index (χ2n) is 4.32. The van der Waals surface area contributed by atoms with Gasteiger partial charge in [-0.2, -0.15) is 0 Å². The van der Waals surface area contributed by atoms with Gasteiger partial charge >= 0.3 is 0 Å². The second-order valence-corrected chi connectivity index (χ2v) is 4.32. The summed E-state index contributed by atoms with van der Waals surface area (Å²) >= 11 is 0. The van der Waals surface area contributed by atoms with Crippen molar-refractivity contribution in [2.45, 2.75) is 18.4 Å². The molecule has 0 unspecified atom stereocenters. The molecule has 0 aromatic carbocycles. The van der Waals surface area contributed by atoms with Crippen LogP contribution >= 0.6 is 0 Å². The van der Waals surface area contributed by atoms with Crippen molar-refractivity contribution < 1.29 is 0 Å². The number of rotatable bonds is 1. The van der Waals surface area contributed by atoms with Gasteiger partial charge in [0.05, 0.1) is 5.54 Å². The molecule has 1 aromatic rings. The lowest BCUT2D eigenvalue weighted by molar-refractivity contribution is 0.182. The molecule has 1 aliphatic heterocycles. The zero-order chi connectivity index (χ0) is 10.2. The van der Waals surface area contributed by atoms with Crippen molar-refractivity contribution in [2.24, 2.45) is 12.8 Å². The molecule has 78 valence electrons. The first-order valence-corrected chi connectivity index (χ1v) is 5.07. The summed E-state index contributed by atoms with van der Waals surface area (Å²) in [7, 11) is 4.15. The lowest BCUT2D eigenvalue weighted by atomic mass is 9.88. The molecule has 0 saturated carbocycles. The zero-order valence-corrected chi connectivity index (χ0v) is 8.90. The minimum absolute atomic E-state index is 0.217. The maximum absolute atomic E-state index is 6.38. The van der Waals surface area contributed by atoms with Gasteiger partial charge in [-0.15, -0.1) is 0 Å². The van der Waals surface area contributed by atoms with Gasteiger partial charge in [-0.25, -0.2) is 4.98 Å². The van der Waals surface area contributed by atoms with Gasteiger partial charge in [-0.3, -0.25) is 0 Å². The van der Waals surface area contributed by atoms with E-state index < -0.39 is 0 Å². The molecule has 0 amide bonds. The van der Waals surface area contributed by atoms with E-state index >= 15 is 0 Å². The summed E-state index contributed by atoms with van der Waals surface area (Å²) in [5.41, 5.74) is 6.16. The minimum Gasteiger partial charge on any atom is -0.336 e. The van der Waals surface area contributed by atoms with Gasteiger partial charge in [0.2, 0.25) is 0 Å². The van der Waals surface area contributed by atoms with E-state index in [9.17, 15) is 0 Å². The SMILES string of the molecule is CN1CCC(N)(c2nccn2C)CC1. The fraction of sp³-hybridized carbons (Fsp3) is 0.700. The van der Waals surface area contributed by atoms with Crippen LogP contribution in [0.1, 0.15) is 18.7 Å². The van der Waals surface area contributed by atoms with Gasteiger partial charge in [0.25, 0.3) is 0 Å². The van der Waals surface area contributed by atoms with Crippen molar-refractivity contribution in [1.82, 2.24) is 14.5 Å². The quantitative estimate of drug-likeness (QED) is 0.699. The molecular weight excluding hydrogens is 176 g/mol. The van der Waals surface area contributed by atoms with E-state index in [2.05, 4.69) is 16.9 Å². The molecule has 1 saturated heterocycles. The van der Waals surface area contributed by atoms with Crippen molar-refractivity contribution in [3.8, 4) is 0 Å². The Balaban J connectivity index is 2.21. The zero-order valence-electron chi connectivity index (χ0n) is 8.90. The number of hydrogen-bond acceptors (Lipinski definition) is 3. The van der Waals surface area contributed by atoms with Crippen molar-refractivity contribution in [1.29, 1.82) is 0 Å². The van der Waals surface area contributed by atoms with Gasteiger partial charge in [0.15, 0.2) is 0 Å². The van der Waals surface area contributed by atoms with Crippen molar-refractivity contribution in [3.05, 3.63) is 18.2 Å². The molecule has 0 spiro atoms. The lowest BCUT2D eigenvalue weighted by Gasteiger charge is -2.36. The summed E-state index contributed by atoms with van der Waals surface area (Å²) < 4.78 is 2.03. The highest BCUT2D eigenvalue weighted by Crippen LogP contribution is 2.27. The number of nitrogens with two attached hydrogens (primary N) is 1. The van der Waals surface area contributed by atoms with Crippen LogP contribution < -0.4 is 5.73 Å². The average molecular weight is 194 g/mol. The highest BCUT2D eigenvalue weighted by Gasteiger charge is 2.34. The molecule has 4 heteroatoms. The van der Waals surface area contributed by atoms with Gasteiger partial charge < -0.3 is 15.2 Å². The fourth-order valence-electron chi connectivity index (χ4n) is 2.09. The predicted molar refractivity (Wildman–Crippen MR) is 55.8 cm³/mol. The first-order chi connectivity index (χ1) is 6.62. The van der Waals surface area contributed by atoms with Gasteiger partial charge in [0.1, 0.15) is 5.82 Å². The maximum atomic E-state index is 6.38. The predicted octanol–water partition coefficient (Wildman–Crippen LogP) is 0.300. The molecular formula is C10H18N4. The molecule has 2 N–H and O–H groups in total. The number of aromatic nitrogens is 2. The topological polar surface area (TPSA) is 47.1 Å². The van der Waals surface area contributed by atoms with E-state index in [-0.39, 0.29) is 5.54 Å². The van der Waals surface area contributed by atoms with E-state index in [1.807, 2.05) is 24.0 Å². The van der Waals surface area contributed by atoms with E-state index in [1.54, 1.807) is 0 Å². The Hall–Kier alpha value is -0.870. The summed E-state index contributed by atoms with van der Waals surface area (Å²) in [6.45, 7) is 2.12. The van der Waals surface area contributed by atoms with Crippen LogP contribution in [0.2, 0.25) is 0 Å². The molecule has 0 atom stereocenters. The third kappa shape index (κ3) is 1.55. The van der Waals surface area contributed by atoms with E-state index in [0.29, 0.717) is 0 Å². The molecule has 0 bridgehead atoms. The Morgan fingerprint density at radius 1 is 1.36 bits per heavy atom. The summed E-state index contributed by atoms with van der Waals surface area (Å²) in [5, 5.41) is 0. The molecule has 14 heavy (non-hydrogen) atoms. The number of imidazole rings is 1.